The van der Waals surface area contributed by atoms with Gasteiger partial charge in [-0.3, -0.25) is 4.79 Å². The molecule has 4 rings (SSSR count). The highest BCUT2D eigenvalue weighted by molar-refractivity contribution is 7.08. The Morgan fingerprint density at radius 3 is 3.13 bits per heavy atom. The molecule has 2 aliphatic rings. The van der Waals surface area contributed by atoms with Gasteiger partial charge in [-0.2, -0.15) is 11.3 Å². The fourth-order valence-electron chi connectivity index (χ4n) is 3.53. The standard InChI is InChI=1S/C17H20N4OS/c22-17(12-6-8-23-10-12)21-7-2-3-13(9-21)20-16-14-4-1-5-15(14)18-11-19-16/h6,8,10-11,13H,1-5,7,9H2,(H,18,19,20)/t13-/m1/s1. The predicted octanol–water partition coefficient (Wildman–Crippen LogP) is 2.74. The third-order valence-corrected chi connectivity index (χ3v) is 5.38. The summed E-state index contributed by atoms with van der Waals surface area (Å²) in [6.07, 6.45) is 7.04. The molecule has 1 atom stereocenters. The largest absolute Gasteiger partial charge is 0.365 e. The molecule has 0 saturated carbocycles. The van der Waals surface area contributed by atoms with Crippen LogP contribution in [0.15, 0.2) is 23.2 Å². The van der Waals surface area contributed by atoms with E-state index in [4.69, 9.17) is 0 Å². The Labute approximate surface area is 139 Å². The van der Waals surface area contributed by atoms with Crippen LogP contribution in [-0.2, 0) is 12.8 Å². The number of hydrogen-bond donors (Lipinski definition) is 1. The monoisotopic (exact) mass is 328 g/mol. The first kappa shape index (κ1) is 14.6. The maximum absolute atomic E-state index is 12.5. The zero-order chi connectivity index (χ0) is 15.6. The summed E-state index contributed by atoms with van der Waals surface area (Å²) in [5, 5.41) is 7.45. The molecule has 3 heterocycles. The molecule has 0 spiro atoms. The van der Waals surface area contributed by atoms with Crippen molar-refractivity contribution in [3.05, 3.63) is 40.0 Å². The summed E-state index contributed by atoms with van der Waals surface area (Å²) in [4.78, 5) is 23.3. The van der Waals surface area contributed by atoms with Crippen LogP contribution in [0.2, 0.25) is 0 Å². The first-order valence-corrected chi connectivity index (χ1v) is 9.16. The molecule has 6 heteroatoms. The van der Waals surface area contributed by atoms with Crippen LogP contribution in [0.25, 0.3) is 0 Å². The molecule has 1 amide bonds. The molecule has 0 bridgehead atoms. The van der Waals surface area contributed by atoms with E-state index in [9.17, 15) is 4.79 Å². The molecule has 1 aliphatic carbocycles. The number of nitrogens with zero attached hydrogens (tertiary/aromatic N) is 3. The number of rotatable bonds is 3. The zero-order valence-electron chi connectivity index (χ0n) is 13.0. The second-order valence-electron chi connectivity index (χ2n) is 6.25. The lowest BCUT2D eigenvalue weighted by Gasteiger charge is -2.33. The van der Waals surface area contributed by atoms with Crippen LogP contribution in [0.1, 0.15) is 40.9 Å². The Kier molecular flexibility index (Phi) is 3.99. The van der Waals surface area contributed by atoms with Gasteiger partial charge in [0.2, 0.25) is 0 Å². The number of anilines is 1. The molecule has 2 aromatic rings. The van der Waals surface area contributed by atoms with Gasteiger partial charge in [0.1, 0.15) is 12.1 Å². The van der Waals surface area contributed by atoms with Crippen molar-refractivity contribution in [1.82, 2.24) is 14.9 Å². The smallest absolute Gasteiger partial charge is 0.254 e. The van der Waals surface area contributed by atoms with Gasteiger partial charge in [0.05, 0.1) is 5.56 Å². The van der Waals surface area contributed by atoms with Crippen molar-refractivity contribution in [3.8, 4) is 0 Å². The molecular weight excluding hydrogens is 308 g/mol. The molecule has 0 radical (unpaired) electrons. The summed E-state index contributed by atoms with van der Waals surface area (Å²) in [6, 6.07) is 2.17. The fraction of sp³-hybridized carbons (Fsp3) is 0.471. The van der Waals surface area contributed by atoms with Gasteiger partial charge in [-0.15, -0.1) is 0 Å². The minimum absolute atomic E-state index is 0.144. The minimum Gasteiger partial charge on any atom is -0.365 e. The van der Waals surface area contributed by atoms with E-state index in [1.54, 1.807) is 17.7 Å². The lowest BCUT2D eigenvalue weighted by atomic mass is 10.0. The normalized spacial score (nSPS) is 20.3. The van der Waals surface area contributed by atoms with Gasteiger partial charge >= 0.3 is 0 Å². The van der Waals surface area contributed by atoms with E-state index in [1.165, 1.54) is 11.3 Å². The molecule has 0 aromatic carbocycles. The Morgan fingerprint density at radius 2 is 2.26 bits per heavy atom. The Morgan fingerprint density at radius 1 is 1.30 bits per heavy atom. The van der Waals surface area contributed by atoms with Crippen molar-refractivity contribution < 1.29 is 4.79 Å². The van der Waals surface area contributed by atoms with E-state index in [0.29, 0.717) is 0 Å². The highest BCUT2D eigenvalue weighted by Gasteiger charge is 2.26. The average molecular weight is 328 g/mol. The van der Waals surface area contributed by atoms with Crippen molar-refractivity contribution in [2.45, 2.75) is 38.1 Å². The lowest BCUT2D eigenvalue weighted by Crippen LogP contribution is -2.45. The summed E-state index contributed by atoms with van der Waals surface area (Å²) in [7, 11) is 0. The van der Waals surface area contributed by atoms with E-state index in [0.717, 1.165) is 56.6 Å². The van der Waals surface area contributed by atoms with Crippen LogP contribution in [0.5, 0.6) is 0 Å². The first-order valence-electron chi connectivity index (χ1n) is 8.22. The maximum atomic E-state index is 12.5. The van der Waals surface area contributed by atoms with Gasteiger partial charge < -0.3 is 10.2 Å². The lowest BCUT2D eigenvalue weighted by molar-refractivity contribution is 0.0715. The van der Waals surface area contributed by atoms with E-state index in [1.807, 2.05) is 21.7 Å². The van der Waals surface area contributed by atoms with Gasteiger partial charge in [-0.25, -0.2) is 9.97 Å². The number of fused-ring (bicyclic) bond motifs is 1. The number of carbonyl (C=O) groups is 1. The molecule has 120 valence electrons. The number of nitrogens with one attached hydrogen (secondary N) is 1. The van der Waals surface area contributed by atoms with Crippen molar-refractivity contribution >= 4 is 23.1 Å². The number of amides is 1. The molecule has 0 unspecified atom stereocenters. The van der Waals surface area contributed by atoms with Crippen LogP contribution >= 0.6 is 11.3 Å². The number of likely N-dealkylation sites (tertiary alicyclic amines) is 1. The van der Waals surface area contributed by atoms with E-state index >= 15 is 0 Å². The van der Waals surface area contributed by atoms with E-state index in [-0.39, 0.29) is 11.9 Å². The second-order valence-corrected chi connectivity index (χ2v) is 7.03. The average Bonchev–Trinajstić information content (AvgIpc) is 3.26. The minimum atomic E-state index is 0.144. The molecule has 1 N–H and O–H groups in total. The van der Waals surface area contributed by atoms with Gasteiger partial charge in [0, 0.05) is 35.8 Å². The zero-order valence-corrected chi connectivity index (χ0v) is 13.8. The number of piperidine rings is 1. The van der Waals surface area contributed by atoms with E-state index < -0.39 is 0 Å². The molecule has 1 saturated heterocycles. The van der Waals surface area contributed by atoms with Gasteiger partial charge in [0.15, 0.2) is 0 Å². The van der Waals surface area contributed by atoms with Crippen LogP contribution in [0.3, 0.4) is 0 Å². The molecule has 23 heavy (non-hydrogen) atoms. The Hall–Kier alpha value is -1.95. The maximum Gasteiger partial charge on any atom is 0.254 e. The van der Waals surface area contributed by atoms with Crippen molar-refractivity contribution in [2.24, 2.45) is 0 Å². The van der Waals surface area contributed by atoms with Crippen molar-refractivity contribution in [1.29, 1.82) is 0 Å². The highest BCUT2D eigenvalue weighted by Crippen LogP contribution is 2.27. The summed E-state index contributed by atoms with van der Waals surface area (Å²) in [6.45, 7) is 1.59. The second kappa shape index (κ2) is 6.28. The molecule has 5 nitrogen and oxygen atoms in total. The summed E-state index contributed by atoms with van der Waals surface area (Å²) in [5.74, 6) is 1.12. The number of thiophene rings is 1. The third kappa shape index (κ3) is 2.95. The molecule has 1 aliphatic heterocycles. The van der Waals surface area contributed by atoms with Crippen LogP contribution in [0, 0.1) is 0 Å². The Bertz CT molecular complexity index is 701. The quantitative estimate of drug-likeness (QED) is 0.941. The number of hydrogen-bond acceptors (Lipinski definition) is 5. The molecular formula is C17H20N4OS. The summed E-state index contributed by atoms with van der Waals surface area (Å²) < 4.78 is 0. The SMILES string of the molecule is O=C(c1ccsc1)N1CCC[C@@H](Nc2ncnc3c2CCC3)C1. The Balaban J connectivity index is 1.46. The number of aryl methyl sites for hydroxylation is 1. The highest BCUT2D eigenvalue weighted by atomic mass is 32.1. The number of carbonyl (C=O) groups excluding carboxylic acids is 1. The number of aromatic nitrogens is 2. The van der Waals surface area contributed by atoms with E-state index in [2.05, 4.69) is 15.3 Å². The third-order valence-electron chi connectivity index (χ3n) is 4.69. The van der Waals surface area contributed by atoms with Crippen LogP contribution < -0.4 is 5.32 Å². The van der Waals surface area contributed by atoms with Crippen LogP contribution in [0.4, 0.5) is 5.82 Å². The van der Waals surface area contributed by atoms with Gasteiger partial charge in [-0.1, -0.05) is 0 Å². The van der Waals surface area contributed by atoms with Crippen molar-refractivity contribution in [2.75, 3.05) is 18.4 Å². The summed E-state index contributed by atoms with van der Waals surface area (Å²) >= 11 is 1.57. The summed E-state index contributed by atoms with van der Waals surface area (Å²) in [5.41, 5.74) is 3.26. The van der Waals surface area contributed by atoms with Crippen molar-refractivity contribution in [3.63, 3.8) is 0 Å². The fourth-order valence-corrected chi connectivity index (χ4v) is 4.16. The van der Waals surface area contributed by atoms with Gasteiger partial charge in [-0.05, 0) is 43.6 Å². The molecule has 2 aromatic heterocycles. The van der Waals surface area contributed by atoms with Crippen LogP contribution in [-0.4, -0.2) is 39.9 Å². The first-order chi connectivity index (χ1) is 11.3. The predicted molar refractivity (Wildman–Crippen MR) is 90.9 cm³/mol. The van der Waals surface area contributed by atoms with Gasteiger partial charge in [0.25, 0.3) is 5.91 Å². The topological polar surface area (TPSA) is 58.1 Å². The molecule has 1 fully saturated rings.